The van der Waals surface area contributed by atoms with Gasteiger partial charge in [-0.15, -0.1) is 5.10 Å². The molecule has 0 radical (unpaired) electrons. The van der Waals surface area contributed by atoms with E-state index < -0.39 is 10.0 Å². The third kappa shape index (κ3) is 6.04. The lowest BCUT2D eigenvalue weighted by molar-refractivity contribution is -0.122. The molecule has 1 aromatic carbocycles. The number of nitrogens with zero attached hydrogens (tertiary/aromatic N) is 4. The van der Waals surface area contributed by atoms with Gasteiger partial charge in [-0.2, -0.15) is 4.31 Å². The number of hydrogen-bond donors (Lipinski definition) is 1. The lowest BCUT2D eigenvalue weighted by Gasteiger charge is -2.21. The number of aromatic nitrogens is 3. The minimum Gasteiger partial charge on any atom is -0.353 e. The molecule has 0 unspecified atom stereocenters. The number of carbonyl (C=O) groups is 1. The number of aryl methyl sites for hydroxylation is 1. The van der Waals surface area contributed by atoms with Crippen LogP contribution >= 0.6 is 0 Å². The van der Waals surface area contributed by atoms with Crippen LogP contribution in [0.15, 0.2) is 23.1 Å². The average molecular weight is 450 g/mol. The van der Waals surface area contributed by atoms with Gasteiger partial charge in [0.05, 0.1) is 10.4 Å². The Morgan fingerprint density at radius 3 is 2.48 bits per heavy atom. The zero-order valence-corrected chi connectivity index (χ0v) is 19.5. The van der Waals surface area contributed by atoms with Crippen LogP contribution in [0.1, 0.15) is 71.6 Å². The fraction of sp³-hybridized carbons (Fsp3) is 0.682. The quantitative estimate of drug-likeness (QED) is 0.632. The molecule has 0 spiro atoms. The first-order valence-corrected chi connectivity index (χ1v) is 13.0. The van der Waals surface area contributed by atoms with E-state index in [0.717, 1.165) is 18.4 Å². The molecule has 1 aliphatic carbocycles. The highest BCUT2D eigenvalue weighted by Crippen LogP contribution is 2.21. The molecule has 1 saturated carbocycles. The van der Waals surface area contributed by atoms with Crippen molar-refractivity contribution in [1.29, 1.82) is 0 Å². The molecule has 2 aromatic rings. The highest BCUT2D eigenvalue weighted by molar-refractivity contribution is 7.89. The van der Waals surface area contributed by atoms with Gasteiger partial charge >= 0.3 is 0 Å². The average Bonchev–Trinajstić information content (AvgIpc) is 3.13. The Bertz CT molecular complexity index is 961. The van der Waals surface area contributed by atoms with E-state index in [9.17, 15) is 13.2 Å². The molecular weight excluding hydrogens is 414 g/mol. The normalized spacial score (nSPS) is 16.4. The molecule has 8 nitrogen and oxygen atoms in total. The summed E-state index contributed by atoms with van der Waals surface area (Å²) in [4.78, 5) is 12.6. The van der Waals surface area contributed by atoms with Gasteiger partial charge in [0, 0.05) is 32.1 Å². The Kier molecular flexibility index (Phi) is 8.43. The molecule has 0 aliphatic heterocycles. The molecule has 1 aliphatic rings. The largest absolute Gasteiger partial charge is 0.353 e. The van der Waals surface area contributed by atoms with Gasteiger partial charge in [-0.3, -0.25) is 4.79 Å². The molecule has 9 heteroatoms. The predicted octanol–water partition coefficient (Wildman–Crippen LogP) is 3.47. The van der Waals surface area contributed by atoms with Crippen LogP contribution in [0.2, 0.25) is 0 Å². The van der Waals surface area contributed by atoms with E-state index >= 15 is 0 Å². The summed E-state index contributed by atoms with van der Waals surface area (Å²) in [7, 11) is -3.53. The van der Waals surface area contributed by atoms with Crippen molar-refractivity contribution in [3.8, 4) is 0 Å². The molecule has 31 heavy (non-hydrogen) atoms. The van der Waals surface area contributed by atoms with E-state index in [1.165, 1.54) is 36.4 Å². The van der Waals surface area contributed by atoms with Crippen LogP contribution in [0.3, 0.4) is 0 Å². The number of carbonyl (C=O) groups excluding carboxylic acids is 1. The lowest BCUT2D eigenvalue weighted by Crippen LogP contribution is -2.35. The third-order valence-corrected chi connectivity index (χ3v) is 8.12. The molecule has 1 amide bonds. The minimum absolute atomic E-state index is 0.0996. The minimum atomic E-state index is -3.53. The second-order valence-corrected chi connectivity index (χ2v) is 10.2. The van der Waals surface area contributed by atoms with Crippen LogP contribution < -0.4 is 5.32 Å². The Balaban J connectivity index is 1.57. The molecule has 1 N–H and O–H groups in total. The number of nitrogens with one attached hydrogen (secondary N) is 1. The topological polar surface area (TPSA) is 97.2 Å². The fourth-order valence-electron chi connectivity index (χ4n) is 4.28. The molecular formula is C22H35N5O3S. The monoisotopic (exact) mass is 449 g/mol. The summed E-state index contributed by atoms with van der Waals surface area (Å²) in [5, 5.41) is 11.5. The van der Waals surface area contributed by atoms with E-state index in [4.69, 9.17) is 0 Å². The zero-order valence-electron chi connectivity index (χ0n) is 18.7. The van der Waals surface area contributed by atoms with Crippen molar-refractivity contribution in [2.45, 2.75) is 89.1 Å². The summed E-state index contributed by atoms with van der Waals surface area (Å²) in [6.45, 7) is 5.06. The van der Waals surface area contributed by atoms with Crippen LogP contribution in [0.4, 0.5) is 0 Å². The zero-order chi connectivity index (χ0) is 22.3. The van der Waals surface area contributed by atoms with Crippen LogP contribution in [-0.2, 0) is 21.4 Å². The van der Waals surface area contributed by atoms with Gasteiger partial charge in [0.25, 0.3) is 0 Å². The molecule has 0 bridgehead atoms. The van der Waals surface area contributed by atoms with E-state index in [-0.39, 0.29) is 10.8 Å². The highest BCUT2D eigenvalue weighted by atomic mass is 32.2. The van der Waals surface area contributed by atoms with Crippen molar-refractivity contribution in [1.82, 2.24) is 24.6 Å². The second-order valence-electron chi connectivity index (χ2n) is 8.27. The molecule has 1 aromatic heterocycles. The molecule has 1 heterocycles. The van der Waals surface area contributed by atoms with Gasteiger partial charge in [-0.25, -0.2) is 13.1 Å². The molecule has 0 atom stereocenters. The summed E-state index contributed by atoms with van der Waals surface area (Å²) >= 11 is 0. The number of fused-ring (bicyclic) bond motifs is 1. The van der Waals surface area contributed by atoms with Crippen LogP contribution in [-0.4, -0.2) is 52.8 Å². The molecule has 3 rings (SSSR count). The van der Waals surface area contributed by atoms with Gasteiger partial charge in [-0.1, -0.05) is 51.2 Å². The summed E-state index contributed by atoms with van der Waals surface area (Å²) in [6, 6.07) is 5.25. The van der Waals surface area contributed by atoms with E-state index in [1.807, 2.05) is 13.8 Å². The lowest BCUT2D eigenvalue weighted by atomic mass is 9.96. The molecule has 1 fully saturated rings. The SMILES string of the molecule is CCN(CC)S(=O)(=O)c1ccc2c(c1)nnn2CCCC(=O)NC1CCCCCCC1. The Hall–Kier alpha value is -2.00. The van der Waals surface area contributed by atoms with Crippen molar-refractivity contribution in [3.05, 3.63) is 18.2 Å². The van der Waals surface area contributed by atoms with Gasteiger partial charge in [0.15, 0.2) is 0 Å². The number of benzene rings is 1. The van der Waals surface area contributed by atoms with E-state index in [2.05, 4.69) is 15.6 Å². The first-order valence-electron chi connectivity index (χ1n) is 11.6. The van der Waals surface area contributed by atoms with E-state index in [0.29, 0.717) is 44.0 Å². The predicted molar refractivity (Wildman–Crippen MR) is 121 cm³/mol. The third-order valence-electron chi connectivity index (χ3n) is 6.07. The van der Waals surface area contributed by atoms with Gasteiger partial charge in [-0.05, 0) is 37.5 Å². The molecule has 172 valence electrons. The van der Waals surface area contributed by atoms with Crippen molar-refractivity contribution < 1.29 is 13.2 Å². The number of rotatable bonds is 9. The van der Waals surface area contributed by atoms with Crippen molar-refractivity contribution in [2.24, 2.45) is 0 Å². The maximum atomic E-state index is 12.7. The van der Waals surface area contributed by atoms with Crippen LogP contribution in [0.25, 0.3) is 11.0 Å². The summed E-state index contributed by atoms with van der Waals surface area (Å²) in [5.74, 6) is 0.0996. The Labute approximate surface area is 185 Å². The fourth-order valence-corrected chi connectivity index (χ4v) is 5.76. The first-order chi connectivity index (χ1) is 15.0. The summed E-state index contributed by atoms with van der Waals surface area (Å²) in [5.41, 5.74) is 1.33. The Morgan fingerprint density at radius 1 is 1.13 bits per heavy atom. The number of sulfonamides is 1. The highest BCUT2D eigenvalue weighted by Gasteiger charge is 2.22. The second kappa shape index (κ2) is 11.0. The maximum Gasteiger partial charge on any atom is 0.243 e. The van der Waals surface area contributed by atoms with Crippen LogP contribution in [0, 0.1) is 0 Å². The number of amides is 1. The standard InChI is InChI=1S/C22H35N5O3S/c1-3-26(4-2)31(29,30)19-14-15-21-20(17-19)24-25-27(21)16-10-13-22(28)23-18-11-8-6-5-7-9-12-18/h14-15,17-18H,3-13,16H2,1-2H3,(H,23,28). The Morgan fingerprint density at radius 2 is 1.81 bits per heavy atom. The van der Waals surface area contributed by atoms with Crippen molar-refractivity contribution in [3.63, 3.8) is 0 Å². The van der Waals surface area contributed by atoms with Gasteiger partial charge in [0.2, 0.25) is 15.9 Å². The van der Waals surface area contributed by atoms with Gasteiger partial charge in [0.1, 0.15) is 5.52 Å². The number of hydrogen-bond acceptors (Lipinski definition) is 5. The smallest absolute Gasteiger partial charge is 0.243 e. The summed E-state index contributed by atoms with van der Waals surface area (Å²) < 4.78 is 28.6. The maximum absolute atomic E-state index is 12.7. The van der Waals surface area contributed by atoms with Gasteiger partial charge < -0.3 is 5.32 Å². The van der Waals surface area contributed by atoms with Crippen LogP contribution in [0.5, 0.6) is 0 Å². The van der Waals surface area contributed by atoms with E-state index in [1.54, 1.807) is 22.9 Å². The first kappa shape index (κ1) is 23.7. The summed E-state index contributed by atoms with van der Waals surface area (Å²) in [6.07, 6.45) is 9.52. The molecule has 0 saturated heterocycles. The van der Waals surface area contributed by atoms with Crippen molar-refractivity contribution >= 4 is 27.0 Å². The van der Waals surface area contributed by atoms with Crippen molar-refractivity contribution in [2.75, 3.05) is 13.1 Å².